The van der Waals surface area contributed by atoms with Crippen molar-refractivity contribution in [2.24, 2.45) is 5.92 Å². The van der Waals surface area contributed by atoms with Gasteiger partial charge in [-0.2, -0.15) is 0 Å². The summed E-state index contributed by atoms with van der Waals surface area (Å²) in [5.41, 5.74) is 0.800. The van der Waals surface area contributed by atoms with Crippen LogP contribution in [0.25, 0.3) is 0 Å². The molecule has 0 saturated heterocycles. The number of rotatable bonds is 7. The van der Waals surface area contributed by atoms with E-state index in [1.165, 1.54) is 0 Å². The van der Waals surface area contributed by atoms with Crippen LogP contribution in [0.3, 0.4) is 0 Å². The van der Waals surface area contributed by atoms with Crippen molar-refractivity contribution >= 4 is 33.2 Å². The Morgan fingerprint density at radius 2 is 2.11 bits per heavy atom. The summed E-state index contributed by atoms with van der Waals surface area (Å²) in [6.07, 6.45) is -0.543. The maximum Gasteiger partial charge on any atom is 0.0945 e. The van der Waals surface area contributed by atoms with Gasteiger partial charge in [0.05, 0.1) is 23.4 Å². The molecule has 3 nitrogen and oxygen atoms in total. The molecule has 0 amide bonds. The van der Waals surface area contributed by atoms with Crippen molar-refractivity contribution in [1.82, 2.24) is 0 Å². The predicted molar refractivity (Wildman–Crippen MR) is 79.3 cm³/mol. The Hall–Kier alpha value is -0.290. The van der Waals surface area contributed by atoms with E-state index in [0.717, 1.165) is 10.2 Å². The van der Waals surface area contributed by atoms with Gasteiger partial charge in [-0.1, -0.05) is 41.4 Å². The van der Waals surface area contributed by atoms with Crippen LogP contribution in [0.5, 0.6) is 0 Å². The second kappa shape index (κ2) is 8.00. The summed E-state index contributed by atoms with van der Waals surface area (Å²) in [5.74, 6) is 0.477. The molecule has 18 heavy (non-hydrogen) atoms. The van der Waals surface area contributed by atoms with E-state index in [1.807, 2.05) is 12.1 Å². The zero-order valence-corrected chi connectivity index (χ0v) is 13.0. The largest absolute Gasteiger partial charge is 0.389 e. The maximum atomic E-state index is 9.74. The summed E-state index contributed by atoms with van der Waals surface area (Å²) in [5, 5.41) is 13.5. The highest BCUT2D eigenvalue weighted by Gasteiger charge is 2.07. The van der Waals surface area contributed by atoms with E-state index in [1.54, 1.807) is 6.07 Å². The number of anilines is 1. The lowest BCUT2D eigenvalue weighted by Gasteiger charge is -2.15. The van der Waals surface area contributed by atoms with Crippen LogP contribution in [0.15, 0.2) is 22.7 Å². The molecule has 0 aromatic heterocycles. The van der Waals surface area contributed by atoms with Crippen LogP contribution < -0.4 is 5.32 Å². The van der Waals surface area contributed by atoms with E-state index in [9.17, 15) is 5.11 Å². The molecular weight excluding hydrogens is 318 g/mol. The highest BCUT2D eigenvalue weighted by Crippen LogP contribution is 2.25. The molecule has 1 unspecified atom stereocenters. The van der Waals surface area contributed by atoms with Gasteiger partial charge in [-0.05, 0) is 24.1 Å². The molecule has 102 valence electrons. The first-order chi connectivity index (χ1) is 8.49. The zero-order chi connectivity index (χ0) is 13.5. The molecule has 0 aliphatic heterocycles. The van der Waals surface area contributed by atoms with Gasteiger partial charge < -0.3 is 15.2 Å². The van der Waals surface area contributed by atoms with Gasteiger partial charge in [0.25, 0.3) is 0 Å². The Kier molecular flexibility index (Phi) is 7.00. The minimum absolute atomic E-state index is 0.330. The lowest BCUT2D eigenvalue weighted by atomic mass is 10.2. The lowest BCUT2D eigenvalue weighted by Crippen LogP contribution is -2.25. The molecule has 0 aliphatic carbocycles. The Morgan fingerprint density at radius 1 is 1.39 bits per heavy atom. The quantitative estimate of drug-likeness (QED) is 0.800. The van der Waals surface area contributed by atoms with Crippen molar-refractivity contribution in [3.05, 3.63) is 27.7 Å². The third-order valence-electron chi connectivity index (χ3n) is 2.22. The van der Waals surface area contributed by atoms with Crippen molar-refractivity contribution in [2.45, 2.75) is 20.0 Å². The first-order valence-corrected chi connectivity index (χ1v) is 7.11. The van der Waals surface area contributed by atoms with Crippen LogP contribution in [0.4, 0.5) is 5.69 Å². The number of benzene rings is 1. The zero-order valence-electron chi connectivity index (χ0n) is 10.6. The van der Waals surface area contributed by atoms with Gasteiger partial charge in [-0.25, -0.2) is 0 Å². The average Bonchev–Trinajstić information content (AvgIpc) is 2.30. The van der Waals surface area contributed by atoms with Crippen molar-refractivity contribution < 1.29 is 9.84 Å². The van der Waals surface area contributed by atoms with Crippen molar-refractivity contribution in [2.75, 3.05) is 25.1 Å². The number of hydrogen-bond donors (Lipinski definition) is 2. The van der Waals surface area contributed by atoms with Crippen LogP contribution in [0.2, 0.25) is 5.02 Å². The summed E-state index contributed by atoms with van der Waals surface area (Å²) in [7, 11) is 0. The highest BCUT2D eigenvalue weighted by atomic mass is 79.9. The monoisotopic (exact) mass is 335 g/mol. The molecule has 0 fully saturated rings. The van der Waals surface area contributed by atoms with Crippen molar-refractivity contribution in [1.29, 1.82) is 0 Å². The fourth-order valence-electron chi connectivity index (χ4n) is 1.36. The third-order valence-corrected chi connectivity index (χ3v) is 3.04. The second-order valence-corrected chi connectivity index (χ2v) is 5.91. The SMILES string of the molecule is CC(C)COCC(O)CNc1cc(Br)ccc1Cl. The summed E-state index contributed by atoms with van der Waals surface area (Å²) >= 11 is 9.40. The molecule has 1 aromatic carbocycles. The van der Waals surface area contributed by atoms with Gasteiger partial charge in [0.15, 0.2) is 0 Å². The van der Waals surface area contributed by atoms with Gasteiger partial charge in [0.2, 0.25) is 0 Å². The number of halogens is 2. The molecule has 2 N–H and O–H groups in total. The van der Waals surface area contributed by atoms with E-state index in [4.69, 9.17) is 16.3 Å². The number of hydrogen-bond acceptors (Lipinski definition) is 3. The summed E-state index contributed by atoms with van der Waals surface area (Å²) in [6.45, 7) is 5.55. The lowest BCUT2D eigenvalue weighted by molar-refractivity contribution is 0.0318. The fraction of sp³-hybridized carbons (Fsp3) is 0.538. The Balaban J connectivity index is 2.33. The van der Waals surface area contributed by atoms with Crippen LogP contribution in [-0.4, -0.2) is 31.0 Å². The Bertz CT molecular complexity index is 374. The first kappa shape index (κ1) is 15.8. The third kappa shape index (κ3) is 6.05. The molecule has 1 atom stereocenters. The maximum absolute atomic E-state index is 9.74. The molecule has 0 heterocycles. The summed E-state index contributed by atoms with van der Waals surface area (Å²) in [4.78, 5) is 0. The minimum atomic E-state index is -0.543. The van der Waals surface area contributed by atoms with Gasteiger partial charge in [-0.15, -0.1) is 0 Å². The average molecular weight is 337 g/mol. The molecule has 0 bridgehead atoms. The van der Waals surface area contributed by atoms with E-state index in [0.29, 0.717) is 30.7 Å². The van der Waals surface area contributed by atoms with Crippen LogP contribution in [-0.2, 0) is 4.74 Å². The standard InChI is InChI=1S/C13H19BrClNO2/c1-9(2)7-18-8-11(17)6-16-13-5-10(14)3-4-12(13)15/h3-5,9,11,16-17H,6-8H2,1-2H3. The number of aliphatic hydroxyl groups excluding tert-OH is 1. The number of nitrogens with one attached hydrogen (secondary N) is 1. The van der Waals surface area contributed by atoms with Crippen LogP contribution in [0.1, 0.15) is 13.8 Å². The van der Waals surface area contributed by atoms with Gasteiger partial charge >= 0.3 is 0 Å². The highest BCUT2D eigenvalue weighted by molar-refractivity contribution is 9.10. The van der Waals surface area contributed by atoms with E-state index >= 15 is 0 Å². The molecule has 0 aliphatic rings. The Morgan fingerprint density at radius 3 is 2.78 bits per heavy atom. The van der Waals surface area contributed by atoms with E-state index in [2.05, 4.69) is 35.1 Å². The normalized spacial score (nSPS) is 12.8. The fourth-order valence-corrected chi connectivity index (χ4v) is 1.90. The molecule has 0 saturated carbocycles. The second-order valence-electron chi connectivity index (χ2n) is 4.59. The molecular formula is C13H19BrClNO2. The van der Waals surface area contributed by atoms with Gasteiger partial charge in [-0.3, -0.25) is 0 Å². The Labute approximate surface area is 122 Å². The van der Waals surface area contributed by atoms with Crippen molar-refractivity contribution in [3.8, 4) is 0 Å². The summed E-state index contributed by atoms with van der Waals surface area (Å²) in [6, 6.07) is 5.55. The minimum Gasteiger partial charge on any atom is -0.389 e. The molecule has 0 spiro atoms. The van der Waals surface area contributed by atoms with E-state index in [-0.39, 0.29) is 0 Å². The van der Waals surface area contributed by atoms with E-state index < -0.39 is 6.10 Å². The first-order valence-electron chi connectivity index (χ1n) is 5.93. The van der Waals surface area contributed by atoms with Gasteiger partial charge in [0.1, 0.15) is 0 Å². The predicted octanol–water partition coefficient (Wildman–Crippen LogP) is 3.55. The van der Waals surface area contributed by atoms with Crippen molar-refractivity contribution in [3.63, 3.8) is 0 Å². The topological polar surface area (TPSA) is 41.5 Å². The van der Waals surface area contributed by atoms with Crippen LogP contribution in [0, 0.1) is 5.92 Å². The van der Waals surface area contributed by atoms with Gasteiger partial charge in [0, 0.05) is 17.6 Å². The molecule has 0 radical (unpaired) electrons. The molecule has 1 aromatic rings. The number of aliphatic hydroxyl groups is 1. The number of ether oxygens (including phenoxy) is 1. The van der Waals surface area contributed by atoms with Crippen LogP contribution >= 0.6 is 27.5 Å². The summed E-state index contributed by atoms with van der Waals surface area (Å²) < 4.78 is 6.31. The molecule has 5 heteroatoms. The molecule has 1 rings (SSSR count). The smallest absolute Gasteiger partial charge is 0.0945 e.